The molecule has 1 amide bonds. The summed E-state index contributed by atoms with van der Waals surface area (Å²) in [6.45, 7) is 2.30. The minimum absolute atomic E-state index is 0.287. The maximum absolute atomic E-state index is 12.4. The molecule has 0 saturated carbocycles. The maximum Gasteiger partial charge on any atom is 0.262 e. The van der Waals surface area contributed by atoms with E-state index in [1.807, 2.05) is 25.1 Å². The van der Waals surface area contributed by atoms with Crippen molar-refractivity contribution in [2.75, 3.05) is 0 Å². The Morgan fingerprint density at radius 3 is 2.59 bits per heavy atom. The van der Waals surface area contributed by atoms with Gasteiger partial charge in [0.25, 0.3) is 9.70 Å². The minimum Gasteiger partial charge on any atom is -0.463 e. The third kappa shape index (κ3) is 4.65. The fraction of sp³-hybridized carbons (Fsp3) is 0.267. The molecule has 0 aliphatic rings. The van der Waals surface area contributed by atoms with Crippen LogP contribution in [0.2, 0.25) is 0 Å². The lowest BCUT2D eigenvalue weighted by Gasteiger charge is -2.23. The van der Waals surface area contributed by atoms with Crippen LogP contribution in [-0.4, -0.2) is 15.9 Å². The van der Waals surface area contributed by atoms with Gasteiger partial charge in [-0.05, 0) is 30.7 Å². The average Bonchev–Trinajstić information content (AvgIpc) is 2.95. The van der Waals surface area contributed by atoms with Crippen molar-refractivity contribution in [1.82, 2.24) is 5.32 Å². The van der Waals surface area contributed by atoms with Crippen LogP contribution in [-0.2, 0) is 6.54 Å². The Labute approximate surface area is 143 Å². The van der Waals surface area contributed by atoms with Gasteiger partial charge in [0.2, 0.25) is 6.17 Å². The zero-order valence-corrected chi connectivity index (χ0v) is 14.1. The molecule has 0 saturated heterocycles. The maximum atomic E-state index is 12.4. The predicted octanol–water partition coefficient (Wildman–Crippen LogP) is 2.78. The number of nitrogens with two attached hydrogens (primary N) is 1. The second-order valence-corrected chi connectivity index (χ2v) is 7.20. The normalized spacial score (nSPS) is 12.9. The van der Waals surface area contributed by atoms with Crippen LogP contribution in [0.1, 0.15) is 21.7 Å². The molecule has 3 N–H and O–H groups in total. The highest BCUT2D eigenvalue weighted by Crippen LogP contribution is 2.27. The van der Waals surface area contributed by atoms with E-state index < -0.39 is 9.96 Å². The molecule has 2 rings (SSSR count). The van der Waals surface area contributed by atoms with Gasteiger partial charge in [-0.1, -0.05) is 53.0 Å². The molecule has 0 bridgehead atoms. The number of carbonyl (C=O) groups is 1. The first kappa shape index (κ1) is 17.2. The van der Waals surface area contributed by atoms with Crippen molar-refractivity contribution in [3.63, 3.8) is 0 Å². The number of alkyl halides is 3. The van der Waals surface area contributed by atoms with Crippen LogP contribution in [0.5, 0.6) is 0 Å². The summed E-state index contributed by atoms with van der Waals surface area (Å²) in [5.74, 6) is 0.439. The van der Waals surface area contributed by atoms with Crippen LogP contribution < -0.4 is 10.6 Å². The van der Waals surface area contributed by atoms with Gasteiger partial charge in [-0.3, -0.25) is 10.1 Å². The van der Waals surface area contributed by atoms with Gasteiger partial charge < -0.3 is 9.73 Å². The second kappa shape index (κ2) is 7.38. The number of quaternary nitrogens is 1. The summed E-state index contributed by atoms with van der Waals surface area (Å²) in [6.07, 6.45) is 0.828. The van der Waals surface area contributed by atoms with E-state index in [0.29, 0.717) is 12.1 Å². The first-order valence-corrected chi connectivity index (χ1v) is 7.80. The summed E-state index contributed by atoms with van der Waals surface area (Å²) in [5.41, 5.74) is 1.40. The Bertz CT molecular complexity index is 624. The zero-order chi connectivity index (χ0) is 16.2. The van der Waals surface area contributed by atoms with Gasteiger partial charge in [0.05, 0.1) is 6.26 Å². The SMILES string of the molecule is Cc1ccccc1C(=O)N[C@H]([NH2+]Cc1ccco1)C(Cl)(Cl)Cl. The van der Waals surface area contributed by atoms with E-state index in [-0.39, 0.29) is 5.91 Å². The van der Waals surface area contributed by atoms with Crippen molar-refractivity contribution in [3.05, 3.63) is 59.5 Å². The van der Waals surface area contributed by atoms with Crippen molar-refractivity contribution < 1.29 is 14.5 Å². The Balaban J connectivity index is 2.06. The average molecular weight is 363 g/mol. The highest BCUT2D eigenvalue weighted by molar-refractivity contribution is 6.68. The third-order valence-electron chi connectivity index (χ3n) is 3.16. The molecule has 0 aliphatic carbocycles. The van der Waals surface area contributed by atoms with Gasteiger partial charge in [-0.25, -0.2) is 0 Å². The largest absolute Gasteiger partial charge is 0.463 e. The number of rotatable bonds is 5. The number of halogens is 3. The first-order valence-electron chi connectivity index (χ1n) is 6.67. The van der Waals surface area contributed by atoms with Crippen LogP contribution in [0.3, 0.4) is 0 Å². The fourth-order valence-electron chi connectivity index (χ4n) is 1.98. The Morgan fingerprint density at radius 1 is 1.27 bits per heavy atom. The van der Waals surface area contributed by atoms with E-state index in [2.05, 4.69) is 5.32 Å². The van der Waals surface area contributed by atoms with E-state index >= 15 is 0 Å². The molecule has 2 aromatic rings. The number of hydrogen-bond acceptors (Lipinski definition) is 2. The van der Waals surface area contributed by atoms with Crippen molar-refractivity contribution in [2.24, 2.45) is 0 Å². The molecule has 1 aromatic carbocycles. The van der Waals surface area contributed by atoms with E-state index in [1.165, 1.54) is 0 Å². The minimum atomic E-state index is -1.65. The van der Waals surface area contributed by atoms with Gasteiger partial charge in [0.1, 0.15) is 6.54 Å². The monoisotopic (exact) mass is 361 g/mol. The third-order valence-corrected chi connectivity index (χ3v) is 3.87. The Morgan fingerprint density at radius 2 is 2.00 bits per heavy atom. The predicted molar refractivity (Wildman–Crippen MR) is 87.1 cm³/mol. The second-order valence-electron chi connectivity index (χ2n) is 4.83. The van der Waals surface area contributed by atoms with Crippen molar-refractivity contribution in [3.8, 4) is 0 Å². The lowest BCUT2D eigenvalue weighted by Crippen LogP contribution is -2.95. The van der Waals surface area contributed by atoms with Crippen molar-refractivity contribution in [2.45, 2.75) is 23.4 Å². The fourth-order valence-corrected chi connectivity index (χ4v) is 2.41. The number of aryl methyl sites for hydroxylation is 1. The molecule has 0 radical (unpaired) electrons. The van der Waals surface area contributed by atoms with Crippen LogP contribution in [0, 0.1) is 6.92 Å². The number of benzene rings is 1. The lowest BCUT2D eigenvalue weighted by atomic mass is 10.1. The zero-order valence-electron chi connectivity index (χ0n) is 11.9. The highest BCUT2D eigenvalue weighted by atomic mass is 35.6. The summed E-state index contributed by atoms with van der Waals surface area (Å²) >= 11 is 17.9. The first-order chi connectivity index (χ1) is 10.4. The van der Waals surface area contributed by atoms with Crippen LogP contribution in [0.4, 0.5) is 0 Å². The van der Waals surface area contributed by atoms with Crippen LogP contribution in [0.15, 0.2) is 47.1 Å². The van der Waals surface area contributed by atoms with Gasteiger partial charge in [0.15, 0.2) is 5.76 Å². The molecule has 1 heterocycles. The molecule has 0 spiro atoms. The van der Waals surface area contributed by atoms with E-state index in [4.69, 9.17) is 39.2 Å². The molecular weight excluding hydrogens is 347 g/mol. The van der Waals surface area contributed by atoms with Crippen molar-refractivity contribution >= 4 is 40.7 Å². The van der Waals surface area contributed by atoms with Gasteiger partial charge >= 0.3 is 0 Å². The van der Waals surface area contributed by atoms with E-state index in [9.17, 15) is 4.79 Å². The number of furan rings is 1. The molecule has 4 nitrogen and oxygen atoms in total. The summed E-state index contributed by atoms with van der Waals surface area (Å²) in [6, 6.07) is 10.8. The number of nitrogens with one attached hydrogen (secondary N) is 1. The number of amides is 1. The molecule has 0 fully saturated rings. The lowest BCUT2D eigenvalue weighted by molar-refractivity contribution is -0.708. The summed E-state index contributed by atoms with van der Waals surface area (Å²) in [7, 11) is 0. The standard InChI is InChI=1S/C15H15Cl3N2O2/c1-10-5-2-3-7-12(10)13(21)20-14(15(16,17)18)19-9-11-6-4-8-22-11/h2-8,14,19H,9H2,1H3,(H,20,21)/p+1/t14-/m0/s1. The summed E-state index contributed by atoms with van der Waals surface area (Å²) in [4.78, 5) is 12.4. The molecule has 1 aromatic heterocycles. The summed E-state index contributed by atoms with van der Waals surface area (Å²) in [5, 5.41) is 4.45. The number of carbonyl (C=O) groups excluding carboxylic acids is 1. The molecule has 22 heavy (non-hydrogen) atoms. The van der Waals surface area contributed by atoms with Gasteiger partial charge in [-0.2, -0.15) is 0 Å². The van der Waals surface area contributed by atoms with Gasteiger partial charge in [-0.15, -0.1) is 0 Å². The quantitative estimate of drug-likeness (QED) is 0.635. The Hall–Kier alpha value is -1.20. The van der Waals surface area contributed by atoms with Crippen LogP contribution >= 0.6 is 34.8 Å². The van der Waals surface area contributed by atoms with Crippen molar-refractivity contribution in [1.29, 1.82) is 0 Å². The molecule has 7 heteroatoms. The molecule has 0 aliphatic heterocycles. The van der Waals surface area contributed by atoms with Gasteiger partial charge in [0, 0.05) is 5.56 Å². The summed E-state index contributed by atoms with van der Waals surface area (Å²) < 4.78 is 3.58. The smallest absolute Gasteiger partial charge is 0.262 e. The molecule has 1 atom stereocenters. The molecular formula is C15H16Cl3N2O2+. The topological polar surface area (TPSA) is 58.9 Å². The van der Waals surface area contributed by atoms with E-state index in [0.717, 1.165) is 11.3 Å². The molecule has 0 unspecified atom stereocenters. The Kier molecular flexibility index (Phi) is 5.75. The highest BCUT2D eigenvalue weighted by Gasteiger charge is 2.37. The molecule has 118 valence electrons. The number of hydrogen-bond donors (Lipinski definition) is 2. The van der Waals surface area contributed by atoms with Crippen LogP contribution in [0.25, 0.3) is 0 Å². The van der Waals surface area contributed by atoms with E-state index in [1.54, 1.807) is 29.8 Å².